The van der Waals surface area contributed by atoms with Crippen molar-refractivity contribution < 1.29 is 9.53 Å². The molecule has 132 valence electrons. The number of carbonyl (C=O) groups excluding carboxylic acids is 1. The first-order chi connectivity index (χ1) is 11.6. The van der Waals surface area contributed by atoms with E-state index in [0.717, 1.165) is 30.8 Å². The molecule has 1 aromatic rings. The third-order valence-corrected chi connectivity index (χ3v) is 4.31. The Kier molecular flexibility index (Phi) is 7.31. The lowest BCUT2D eigenvalue weighted by molar-refractivity contribution is 0.0526. The average molecular weight is 350 g/mol. The summed E-state index contributed by atoms with van der Waals surface area (Å²) in [5, 5.41) is 10.5. The summed E-state index contributed by atoms with van der Waals surface area (Å²) in [6, 6.07) is 5.86. The Morgan fingerprint density at radius 3 is 2.62 bits per heavy atom. The van der Waals surface area contributed by atoms with E-state index in [1.165, 1.54) is 19.3 Å². The maximum Gasteiger partial charge on any atom is 0.338 e. The molecule has 2 rings (SSSR count). The van der Waals surface area contributed by atoms with Crippen molar-refractivity contribution >= 4 is 34.7 Å². The Bertz CT molecular complexity index is 571. The second-order valence-electron chi connectivity index (χ2n) is 5.94. The Labute approximate surface area is 149 Å². The lowest BCUT2D eigenvalue weighted by Gasteiger charge is -2.25. The standard InChI is InChI=1S/C18H27N3O2S/c1-3-19-15-11-10-13(17(22)23-4-2)12-16(15)21-18(24)20-14-8-6-5-7-9-14/h10-12,14,19H,3-9H2,1-2H3,(H2,20,21,24). The van der Waals surface area contributed by atoms with Crippen molar-refractivity contribution in [2.75, 3.05) is 23.8 Å². The van der Waals surface area contributed by atoms with Gasteiger partial charge in [-0.05, 0) is 57.1 Å². The minimum absolute atomic E-state index is 0.324. The zero-order valence-corrected chi connectivity index (χ0v) is 15.3. The summed E-state index contributed by atoms with van der Waals surface area (Å²) in [4.78, 5) is 11.9. The molecule has 0 aliphatic heterocycles. The van der Waals surface area contributed by atoms with Crippen molar-refractivity contribution in [3.8, 4) is 0 Å². The molecule has 0 aromatic heterocycles. The van der Waals surface area contributed by atoms with Crippen LogP contribution in [0.3, 0.4) is 0 Å². The van der Waals surface area contributed by atoms with E-state index in [4.69, 9.17) is 17.0 Å². The number of rotatable bonds is 6. The molecule has 0 saturated heterocycles. The number of thiocarbonyl (C=S) groups is 1. The third kappa shape index (κ3) is 5.37. The molecule has 1 aliphatic rings. The van der Waals surface area contributed by atoms with Crippen molar-refractivity contribution in [3.05, 3.63) is 23.8 Å². The second-order valence-corrected chi connectivity index (χ2v) is 6.35. The van der Waals surface area contributed by atoms with Crippen LogP contribution in [0.25, 0.3) is 0 Å². The largest absolute Gasteiger partial charge is 0.462 e. The number of hydrogen-bond donors (Lipinski definition) is 3. The highest BCUT2D eigenvalue weighted by Crippen LogP contribution is 2.24. The van der Waals surface area contributed by atoms with Gasteiger partial charge in [0.1, 0.15) is 0 Å². The van der Waals surface area contributed by atoms with E-state index >= 15 is 0 Å². The van der Waals surface area contributed by atoms with Crippen LogP contribution in [0, 0.1) is 0 Å². The van der Waals surface area contributed by atoms with Crippen LogP contribution in [0.2, 0.25) is 0 Å². The van der Waals surface area contributed by atoms with Crippen LogP contribution in [-0.2, 0) is 4.74 Å². The molecular formula is C18H27N3O2S. The summed E-state index contributed by atoms with van der Waals surface area (Å²) in [5.74, 6) is -0.324. The van der Waals surface area contributed by atoms with Crippen molar-refractivity contribution in [2.45, 2.75) is 52.0 Å². The van der Waals surface area contributed by atoms with Gasteiger partial charge in [-0.3, -0.25) is 0 Å². The van der Waals surface area contributed by atoms with Crippen LogP contribution in [0.15, 0.2) is 18.2 Å². The molecule has 3 N–H and O–H groups in total. The highest BCUT2D eigenvalue weighted by Gasteiger charge is 2.15. The van der Waals surface area contributed by atoms with E-state index < -0.39 is 0 Å². The maximum absolute atomic E-state index is 11.9. The first kappa shape index (κ1) is 18.5. The van der Waals surface area contributed by atoms with Gasteiger partial charge in [-0.1, -0.05) is 19.3 Å². The maximum atomic E-state index is 11.9. The minimum atomic E-state index is -0.324. The van der Waals surface area contributed by atoms with Gasteiger partial charge in [-0.2, -0.15) is 0 Å². The SMILES string of the molecule is CCNc1ccc(C(=O)OCC)cc1NC(=S)NC1CCCCC1. The molecule has 0 atom stereocenters. The van der Waals surface area contributed by atoms with Gasteiger partial charge in [0.2, 0.25) is 0 Å². The van der Waals surface area contributed by atoms with Crippen molar-refractivity contribution in [3.63, 3.8) is 0 Å². The third-order valence-electron chi connectivity index (χ3n) is 4.09. The van der Waals surface area contributed by atoms with Crippen LogP contribution < -0.4 is 16.0 Å². The lowest BCUT2D eigenvalue weighted by Crippen LogP contribution is -2.39. The molecule has 0 radical (unpaired) electrons. The number of carbonyl (C=O) groups is 1. The normalized spacial score (nSPS) is 14.8. The molecule has 5 nitrogen and oxygen atoms in total. The highest BCUT2D eigenvalue weighted by atomic mass is 32.1. The fourth-order valence-corrected chi connectivity index (χ4v) is 3.20. The van der Waals surface area contributed by atoms with Crippen molar-refractivity contribution in [1.82, 2.24) is 5.32 Å². The first-order valence-electron chi connectivity index (χ1n) is 8.76. The molecule has 1 fully saturated rings. The average Bonchev–Trinajstić information content (AvgIpc) is 2.57. The molecule has 6 heteroatoms. The van der Waals surface area contributed by atoms with Crippen molar-refractivity contribution in [1.29, 1.82) is 0 Å². The Hall–Kier alpha value is -1.82. The summed E-state index contributed by atoms with van der Waals surface area (Å²) in [5.41, 5.74) is 2.22. The van der Waals surface area contributed by atoms with Crippen LogP contribution in [0.5, 0.6) is 0 Å². The number of anilines is 2. The smallest absolute Gasteiger partial charge is 0.338 e. The summed E-state index contributed by atoms with van der Waals surface area (Å²) in [6.45, 7) is 4.98. The molecule has 24 heavy (non-hydrogen) atoms. The minimum Gasteiger partial charge on any atom is -0.462 e. The predicted octanol–water partition coefficient (Wildman–Crippen LogP) is 3.91. The molecule has 0 heterocycles. The van der Waals surface area contributed by atoms with E-state index in [9.17, 15) is 4.79 Å². The van der Waals surface area contributed by atoms with Crippen LogP contribution >= 0.6 is 12.2 Å². The Balaban J connectivity index is 2.08. The Morgan fingerprint density at radius 2 is 1.96 bits per heavy atom. The summed E-state index contributed by atoms with van der Waals surface area (Å²) >= 11 is 5.45. The van der Waals surface area contributed by atoms with Crippen molar-refractivity contribution in [2.24, 2.45) is 0 Å². The van der Waals surface area contributed by atoms with Crippen LogP contribution in [-0.4, -0.2) is 30.3 Å². The van der Waals surface area contributed by atoms with Gasteiger partial charge in [0.15, 0.2) is 5.11 Å². The van der Waals surface area contributed by atoms with E-state index in [0.29, 0.717) is 23.3 Å². The monoisotopic (exact) mass is 349 g/mol. The van der Waals surface area contributed by atoms with Crippen LogP contribution in [0.1, 0.15) is 56.3 Å². The summed E-state index contributed by atoms with van der Waals surface area (Å²) < 4.78 is 5.07. The molecule has 0 unspecified atom stereocenters. The summed E-state index contributed by atoms with van der Waals surface area (Å²) in [6.07, 6.45) is 6.13. The quantitative estimate of drug-likeness (QED) is 0.534. The number of nitrogens with one attached hydrogen (secondary N) is 3. The van der Waals surface area contributed by atoms with Crippen LogP contribution in [0.4, 0.5) is 11.4 Å². The summed E-state index contributed by atoms with van der Waals surface area (Å²) in [7, 11) is 0. The van der Waals surface area contributed by atoms with E-state index in [-0.39, 0.29) is 5.97 Å². The van der Waals surface area contributed by atoms with Gasteiger partial charge >= 0.3 is 5.97 Å². The van der Waals surface area contributed by atoms with Gasteiger partial charge in [0, 0.05) is 12.6 Å². The lowest BCUT2D eigenvalue weighted by atomic mass is 9.96. The Morgan fingerprint density at radius 1 is 1.21 bits per heavy atom. The molecule has 0 amide bonds. The van der Waals surface area contributed by atoms with Gasteiger partial charge in [0.05, 0.1) is 23.5 Å². The molecule has 1 saturated carbocycles. The van der Waals surface area contributed by atoms with Gasteiger partial charge < -0.3 is 20.7 Å². The van der Waals surface area contributed by atoms with Gasteiger partial charge in [0.25, 0.3) is 0 Å². The van der Waals surface area contributed by atoms with E-state index in [1.54, 1.807) is 19.1 Å². The zero-order chi connectivity index (χ0) is 17.4. The molecule has 0 spiro atoms. The van der Waals surface area contributed by atoms with Gasteiger partial charge in [-0.25, -0.2) is 4.79 Å². The number of esters is 1. The number of hydrogen-bond acceptors (Lipinski definition) is 4. The molecular weight excluding hydrogens is 322 g/mol. The number of ether oxygens (including phenoxy) is 1. The zero-order valence-electron chi connectivity index (χ0n) is 14.5. The van der Waals surface area contributed by atoms with E-state index in [2.05, 4.69) is 16.0 Å². The first-order valence-corrected chi connectivity index (χ1v) is 9.17. The molecule has 1 aliphatic carbocycles. The van der Waals surface area contributed by atoms with Gasteiger partial charge in [-0.15, -0.1) is 0 Å². The predicted molar refractivity (Wildman–Crippen MR) is 103 cm³/mol. The highest BCUT2D eigenvalue weighted by molar-refractivity contribution is 7.80. The fourth-order valence-electron chi connectivity index (χ4n) is 2.92. The van der Waals surface area contributed by atoms with E-state index in [1.807, 2.05) is 13.0 Å². The number of benzene rings is 1. The topological polar surface area (TPSA) is 62.4 Å². The molecule has 0 bridgehead atoms. The molecule has 1 aromatic carbocycles. The fraction of sp³-hybridized carbons (Fsp3) is 0.556. The second kappa shape index (κ2) is 9.47.